The van der Waals surface area contributed by atoms with Crippen LogP contribution in [0.3, 0.4) is 0 Å². The maximum absolute atomic E-state index is 12.4. The maximum atomic E-state index is 12.4. The lowest BCUT2D eigenvalue weighted by Gasteiger charge is -2.28. The van der Waals surface area contributed by atoms with E-state index in [0.29, 0.717) is 5.56 Å². The molecule has 1 amide bonds. The standard InChI is InChI=1S/C15H19F3N2O/c1-10-3-2-8-19-13(10)14(21)20-9-11-4-6-12(7-5-11)15(16,17)18/h4-7,10,13,19H,2-3,8-9H2,1H3,(H,20,21). The highest BCUT2D eigenvalue weighted by Gasteiger charge is 2.30. The van der Waals surface area contributed by atoms with E-state index in [-0.39, 0.29) is 24.4 Å². The number of rotatable bonds is 3. The Morgan fingerprint density at radius 1 is 1.33 bits per heavy atom. The van der Waals surface area contributed by atoms with Crippen LogP contribution in [0.15, 0.2) is 24.3 Å². The molecule has 21 heavy (non-hydrogen) atoms. The molecule has 0 radical (unpaired) electrons. The Balaban J connectivity index is 1.89. The molecule has 2 unspecified atom stereocenters. The van der Waals surface area contributed by atoms with E-state index in [0.717, 1.165) is 31.5 Å². The van der Waals surface area contributed by atoms with Crippen LogP contribution in [0.2, 0.25) is 0 Å². The van der Waals surface area contributed by atoms with Crippen molar-refractivity contribution < 1.29 is 18.0 Å². The SMILES string of the molecule is CC1CCCNC1C(=O)NCc1ccc(C(F)(F)F)cc1. The summed E-state index contributed by atoms with van der Waals surface area (Å²) >= 11 is 0. The van der Waals surface area contributed by atoms with Crippen molar-refractivity contribution in [3.8, 4) is 0 Å². The molecular weight excluding hydrogens is 281 g/mol. The van der Waals surface area contributed by atoms with E-state index in [2.05, 4.69) is 10.6 Å². The lowest BCUT2D eigenvalue weighted by molar-refractivity contribution is -0.137. The van der Waals surface area contributed by atoms with Crippen LogP contribution in [0.5, 0.6) is 0 Å². The van der Waals surface area contributed by atoms with E-state index in [9.17, 15) is 18.0 Å². The van der Waals surface area contributed by atoms with Crippen LogP contribution < -0.4 is 10.6 Å². The van der Waals surface area contributed by atoms with Crippen LogP contribution in [-0.2, 0) is 17.5 Å². The van der Waals surface area contributed by atoms with Crippen molar-refractivity contribution in [1.82, 2.24) is 10.6 Å². The number of piperidine rings is 1. The first-order valence-corrected chi connectivity index (χ1v) is 7.05. The van der Waals surface area contributed by atoms with E-state index in [1.165, 1.54) is 12.1 Å². The molecule has 0 bridgehead atoms. The number of carbonyl (C=O) groups is 1. The quantitative estimate of drug-likeness (QED) is 0.901. The molecule has 0 aromatic heterocycles. The molecule has 0 saturated carbocycles. The average Bonchev–Trinajstić information content (AvgIpc) is 2.45. The van der Waals surface area contributed by atoms with E-state index < -0.39 is 11.7 Å². The zero-order valence-electron chi connectivity index (χ0n) is 11.8. The predicted octanol–water partition coefficient (Wildman–Crippen LogP) is 2.71. The summed E-state index contributed by atoms with van der Waals surface area (Å²) in [4.78, 5) is 12.1. The highest BCUT2D eigenvalue weighted by atomic mass is 19.4. The molecule has 1 fully saturated rings. The van der Waals surface area contributed by atoms with Crippen LogP contribution in [0.1, 0.15) is 30.9 Å². The van der Waals surface area contributed by atoms with Crippen molar-refractivity contribution >= 4 is 5.91 Å². The monoisotopic (exact) mass is 300 g/mol. The second-order valence-electron chi connectivity index (χ2n) is 5.46. The Labute approximate surface area is 121 Å². The van der Waals surface area contributed by atoms with Crippen molar-refractivity contribution in [3.05, 3.63) is 35.4 Å². The third-order valence-corrected chi connectivity index (χ3v) is 3.80. The first-order chi connectivity index (χ1) is 9.88. The van der Waals surface area contributed by atoms with Gasteiger partial charge in [-0.15, -0.1) is 0 Å². The zero-order valence-corrected chi connectivity index (χ0v) is 11.8. The first-order valence-electron chi connectivity index (χ1n) is 7.05. The molecule has 1 saturated heterocycles. The van der Waals surface area contributed by atoms with Gasteiger partial charge < -0.3 is 10.6 Å². The average molecular weight is 300 g/mol. The smallest absolute Gasteiger partial charge is 0.351 e. The Bertz CT molecular complexity index is 485. The van der Waals surface area contributed by atoms with Gasteiger partial charge in [-0.05, 0) is 43.0 Å². The van der Waals surface area contributed by atoms with Crippen LogP contribution in [-0.4, -0.2) is 18.5 Å². The molecule has 0 aliphatic carbocycles. The van der Waals surface area contributed by atoms with Gasteiger partial charge in [-0.2, -0.15) is 13.2 Å². The van der Waals surface area contributed by atoms with Gasteiger partial charge in [0.05, 0.1) is 11.6 Å². The summed E-state index contributed by atoms with van der Waals surface area (Å²) in [7, 11) is 0. The number of alkyl halides is 3. The Morgan fingerprint density at radius 3 is 2.57 bits per heavy atom. The molecule has 2 N–H and O–H groups in total. The molecule has 1 aromatic rings. The predicted molar refractivity (Wildman–Crippen MR) is 73.5 cm³/mol. The van der Waals surface area contributed by atoms with E-state index in [1.807, 2.05) is 6.92 Å². The molecule has 2 atom stereocenters. The molecule has 1 heterocycles. The number of halogens is 3. The van der Waals surface area contributed by atoms with Gasteiger partial charge in [0.25, 0.3) is 0 Å². The molecule has 116 valence electrons. The van der Waals surface area contributed by atoms with Crippen LogP contribution in [0.4, 0.5) is 13.2 Å². The van der Waals surface area contributed by atoms with Crippen molar-refractivity contribution in [3.63, 3.8) is 0 Å². The van der Waals surface area contributed by atoms with Crippen LogP contribution in [0.25, 0.3) is 0 Å². The lowest BCUT2D eigenvalue weighted by atomic mass is 9.92. The van der Waals surface area contributed by atoms with Crippen LogP contribution in [0, 0.1) is 5.92 Å². The first kappa shape index (κ1) is 15.8. The summed E-state index contributed by atoms with van der Waals surface area (Å²) in [6.45, 7) is 3.08. The van der Waals surface area contributed by atoms with Crippen LogP contribution >= 0.6 is 0 Å². The summed E-state index contributed by atoms with van der Waals surface area (Å²) in [6.07, 6.45) is -2.27. The van der Waals surface area contributed by atoms with E-state index in [1.54, 1.807) is 0 Å². The highest BCUT2D eigenvalue weighted by molar-refractivity contribution is 5.82. The third-order valence-electron chi connectivity index (χ3n) is 3.80. The maximum Gasteiger partial charge on any atom is 0.416 e. The lowest BCUT2D eigenvalue weighted by Crippen LogP contribution is -2.50. The largest absolute Gasteiger partial charge is 0.416 e. The fraction of sp³-hybridized carbons (Fsp3) is 0.533. The fourth-order valence-electron chi connectivity index (χ4n) is 2.51. The Morgan fingerprint density at radius 2 is 2.00 bits per heavy atom. The minimum absolute atomic E-state index is 0.0953. The van der Waals surface area contributed by atoms with Gasteiger partial charge in [-0.3, -0.25) is 4.79 Å². The zero-order chi connectivity index (χ0) is 15.5. The number of hydrogen-bond donors (Lipinski definition) is 2. The summed E-state index contributed by atoms with van der Waals surface area (Å²) in [5.41, 5.74) is -0.0278. The number of carbonyl (C=O) groups excluding carboxylic acids is 1. The minimum atomic E-state index is -4.33. The van der Waals surface area contributed by atoms with Gasteiger partial charge in [-0.1, -0.05) is 19.1 Å². The van der Waals surface area contributed by atoms with E-state index >= 15 is 0 Å². The number of benzene rings is 1. The van der Waals surface area contributed by atoms with Gasteiger partial charge >= 0.3 is 6.18 Å². The van der Waals surface area contributed by atoms with Gasteiger partial charge in [0.15, 0.2) is 0 Å². The van der Waals surface area contributed by atoms with Crippen molar-refractivity contribution in [2.24, 2.45) is 5.92 Å². The fourth-order valence-corrected chi connectivity index (χ4v) is 2.51. The highest BCUT2D eigenvalue weighted by Crippen LogP contribution is 2.29. The molecule has 2 rings (SSSR count). The number of nitrogens with one attached hydrogen (secondary N) is 2. The van der Waals surface area contributed by atoms with E-state index in [4.69, 9.17) is 0 Å². The number of hydrogen-bond acceptors (Lipinski definition) is 2. The third kappa shape index (κ3) is 4.20. The molecule has 1 aromatic carbocycles. The number of amides is 1. The van der Waals surface area contributed by atoms with Gasteiger partial charge in [0, 0.05) is 6.54 Å². The molecule has 3 nitrogen and oxygen atoms in total. The summed E-state index contributed by atoms with van der Waals surface area (Å²) in [5.74, 6) is 0.174. The minimum Gasteiger partial charge on any atom is -0.351 e. The molecule has 1 aliphatic heterocycles. The van der Waals surface area contributed by atoms with Crippen molar-refractivity contribution in [2.45, 2.75) is 38.5 Å². The molecule has 0 spiro atoms. The second-order valence-corrected chi connectivity index (χ2v) is 5.46. The van der Waals surface area contributed by atoms with Crippen molar-refractivity contribution in [2.75, 3.05) is 6.54 Å². The molecular formula is C15H19F3N2O. The van der Waals surface area contributed by atoms with Gasteiger partial charge in [0.2, 0.25) is 5.91 Å². The molecule has 6 heteroatoms. The van der Waals surface area contributed by atoms with Crippen molar-refractivity contribution in [1.29, 1.82) is 0 Å². The summed E-state index contributed by atoms with van der Waals surface area (Å²) in [6, 6.07) is 4.63. The normalized spacial score (nSPS) is 22.9. The summed E-state index contributed by atoms with van der Waals surface area (Å²) in [5, 5.41) is 5.95. The molecule has 1 aliphatic rings. The van der Waals surface area contributed by atoms with Gasteiger partial charge in [-0.25, -0.2) is 0 Å². The second kappa shape index (κ2) is 6.47. The summed E-state index contributed by atoms with van der Waals surface area (Å²) < 4.78 is 37.3. The van der Waals surface area contributed by atoms with Gasteiger partial charge in [0.1, 0.15) is 0 Å². The topological polar surface area (TPSA) is 41.1 Å². The Kier molecular flexibility index (Phi) is 4.88. The Hall–Kier alpha value is -1.56.